The van der Waals surface area contributed by atoms with Crippen LogP contribution in [0.15, 0.2) is 48.5 Å². The summed E-state index contributed by atoms with van der Waals surface area (Å²) in [4.78, 5) is 12.6. The van der Waals surface area contributed by atoms with Gasteiger partial charge in [0.1, 0.15) is 5.75 Å². The van der Waals surface area contributed by atoms with Gasteiger partial charge in [-0.2, -0.15) is 22.0 Å². The first-order valence-corrected chi connectivity index (χ1v) is 8.68. The van der Waals surface area contributed by atoms with Crippen molar-refractivity contribution in [3.05, 3.63) is 65.5 Å². The fraction of sp³-hybridized carbons (Fsp3) is 0.211. The van der Waals surface area contributed by atoms with Crippen LogP contribution in [0.5, 0.6) is 5.75 Å². The summed E-state index contributed by atoms with van der Waals surface area (Å²) in [5, 5.41) is 9.89. The van der Waals surface area contributed by atoms with Crippen molar-refractivity contribution in [2.75, 3.05) is 5.32 Å². The fourth-order valence-corrected chi connectivity index (χ4v) is 2.79. The van der Waals surface area contributed by atoms with Gasteiger partial charge in [0.2, 0.25) is 0 Å². The van der Waals surface area contributed by atoms with Crippen molar-refractivity contribution < 1.29 is 31.5 Å². The number of amides is 1. The van der Waals surface area contributed by atoms with Gasteiger partial charge in [0.25, 0.3) is 5.91 Å². The summed E-state index contributed by atoms with van der Waals surface area (Å²) in [6.45, 7) is -1.26. The van der Waals surface area contributed by atoms with Gasteiger partial charge in [-0.15, -0.1) is 5.10 Å². The lowest BCUT2D eigenvalue weighted by atomic mass is 10.1. The van der Waals surface area contributed by atoms with Crippen LogP contribution in [0.25, 0.3) is 5.69 Å². The summed E-state index contributed by atoms with van der Waals surface area (Å²) in [6.07, 6.45) is -4.36. The quantitative estimate of drug-likeness (QED) is 0.580. The number of benzene rings is 2. The molecule has 3 aromatic rings. The minimum Gasteiger partial charge on any atom is -0.435 e. The Bertz CT molecular complexity index is 1030. The highest BCUT2D eigenvalue weighted by Crippen LogP contribution is 2.34. The van der Waals surface area contributed by atoms with E-state index in [1.54, 1.807) is 6.92 Å². The van der Waals surface area contributed by atoms with Crippen molar-refractivity contribution in [2.45, 2.75) is 26.1 Å². The third-order valence-corrected chi connectivity index (χ3v) is 4.10. The average Bonchev–Trinajstić information content (AvgIpc) is 3.12. The number of carbonyl (C=O) groups excluding carboxylic acids is 1. The second-order valence-corrected chi connectivity index (χ2v) is 6.02. The SMILES string of the molecule is CCc1c(C(=O)Nc2ccccc2C(F)(F)F)nnn1-c1ccc(OC(F)F)cc1. The molecule has 1 N–H and O–H groups in total. The highest BCUT2D eigenvalue weighted by molar-refractivity contribution is 6.04. The number of rotatable bonds is 6. The Kier molecular flexibility index (Phi) is 5.99. The average molecular weight is 426 g/mol. The predicted octanol–water partition coefficient (Wildman–Crippen LogP) is 4.70. The molecule has 158 valence electrons. The van der Waals surface area contributed by atoms with Gasteiger partial charge < -0.3 is 10.1 Å². The van der Waals surface area contributed by atoms with E-state index < -0.39 is 29.9 Å². The zero-order valence-electron chi connectivity index (χ0n) is 15.5. The predicted molar refractivity (Wildman–Crippen MR) is 96.8 cm³/mol. The number of nitrogens with zero attached hydrogens (tertiary/aromatic N) is 3. The molecule has 2 aromatic carbocycles. The van der Waals surface area contributed by atoms with E-state index in [0.29, 0.717) is 11.4 Å². The number of hydrogen-bond donors (Lipinski definition) is 1. The summed E-state index contributed by atoms with van der Waals surface area (Å²) in [5.41, 5.74) is -0.795. The second-order valence-electron chi connectivity index (χ2n) is 6.02. The molecule has 0 spiro atoms. The molecule has 11 heteroatoms. The van der Waals surface area contributed by atoms with E-state index in [0.717, 1.165) is 12.1 Å². The van der Waals surface area contributed by atoms with Crippen molar-refractivity contribution in [1.82, 2.24) is 15.0 Å². The molecule has 0 bridgehead atoms. The Balaban J connectivity index is 1.88. The molecule has 1 aromatic heterocycles. The van der Waals surface area contributed by atoms with Gasteiger partial charge >= 0.3 is 12.8 Å². The van der Waals surface area contributed by atoms with Crippen LogP contribution < -0.4 is 10.1 Å². The van der Waals surface area contributed by atoms with Gasteiger partial charge in [-0.25, -0.2) is 4.68 Å². The van der Waals surface area contributed by atoms with Gasteiger partial charge in [0.05, 0.1) is 22.6 Å². The number of halogens is 5. The highest BCUT2D eigenvalue weighted by Gasteiger charge is 2.34. The van der Waals surface area contributed by atoms with Crippen LogP contribution in [-0.4, -0.2) is 27.5 Å². The molecule has 0 saturated carbocycles. The summed E-state index contributed by atoms with van der Waals surface area (Å²) in [5.74, 6) is -0.916. The molecular weight excluding hydrogens is 411 g/mol. The normalized spacial score (nSPS) is 11.6. The lowest BCUT2D eigenvalue weighted by Crippen LogP contribution is -2.18. The minimum atomic E-state index is -4.64. The Morgan fingerprint density at radius 1 is 1.13 bits per heavy atom. The molecule has 0 aliphatic heterocycles. The number of carbonyl (C=O) groups is 1. The maximum Gasteiger partial charge on any atom is 0.418 e. The van der Waals surface area contributed by atoms with Crippen LogP contribution in [0.4, 0.5) is 27.6 Å². The zero-order chi connectivity index (χ0) is 21.9. The number of aromatic nitrogens is 3. The third kappa shape index (κ3) is 4.56. The van der Waals surface area contributed by atoms with Crippen molar-refractivity contribution in [1.29, 1.82) is 0 Å². The van der Waals surface area contributed by atoms with Gasteiger partial charge in [0.15, 0.2) is 5.69 Å². The Morgan fingerprint density at radius 2 is 1.80 bits per heavy atom. The first kappa shape index (κ1) is 21.2. The monoisotopic (exact) mass is 426 g/mol. The van der Waals surface area contributed by atoms with Gasteiger partial charge in [-0.3, -0.25) is 4.79 Å². The molecule has 1 amide bonds. The second kappa shape index (κ2) is 8.47. The number of para-hydroxylation sites is 1. The van der Waals surface area contributed by atoms with E-state index in [4.69, 9.17) is 0 Å². The van der Waals surface area contributed by atoms with Crippen LogP contribution in [0, 0.1) is 0 Å². The molecule has 30 heavy (non-hydrogen) atoms. The maximum absolute atomic E-state index is 13.1. The summed E-state index contributed by atoms with van der Waals surface area (Å²) in [7, 11) is 0. The molecule has 0 radical (unpaired) electrons. The maximum atomic E-state index is 13.1. The van der Waals surface area contributed by atoms with Gasteiger partial charge in [-0.05, 0) is 42.8 Å². The van der Waals surface area contributed by atoms with Gasteiger partial charge in [0, 0.05) is 0 Å². The molecule has 0 aliphatic rings. The summed E-state index contributed by atoms with van der Waals surface area (Å²) >= 11 is 0. The molecule has 0 saturated heterocycles. The van der Waals surface area contributed by atoms with Crippen LogP contribution in [0.2, 0.25) is 0 Å². The van der Waals surface area contributed by atoms with Crippen molar-refractivity contribution >= 4 is 11.6 Å². The third-order valence-electron chi connectivity index (χ3n) is 4.10. The number of anilines is 1. The molecule has 6 nitrogen and oxygen atoms in total. The van der Waals surface area contributed by atoms with E-state index in [1.165, 1.54) is 41.1 Å². The molecule has 0 aliphatic carbocycles. The van der Waals surface area contributed by atoms with Crippen LogP contribution in [0.3, 0.4) is 0 Å². The largest absolute Gasteiger partial charge is 0.435 e. The van der Waals surface area contributed by atoms with Crippen molar-refractivity contribution in [3.8, 4) is 11.4 Å². The topological polar surface area (TPSA) is 69.0 Å². The Morgan fingerprint density at radius 3 is 2.40 bits per heavy atom. The minimum absolute atomic E-state index is 0.0614. The number of ether oxygens (including phenoxy) is 1. The Labute approximate surface area is 167 Å². The van der Waals surface area contributed by atoms with Crippen LogP contribution in [0.1, 0.15) is 28.7 Å². The zero-order valence-corrected chi connectivity index (χ0v) is 15.5. The first-order chi connectivity index (χ1) is 14.2. The first-order valence-electron chi connectivity index (χ1n) is 8.68. The lowest BCUT2D eigenvalue weighted by molar-refractivity contribution is -0.136. The van der Waals surface area contributed by atoms with E-state index in [9.17, 15) is 26.7 Å². The number of hydrogen-bond acceptors (Lipinski definition) is 4. The molecule has 0 atom stereocenters. The van der Waals surface area contributed by atoms with E-state index in [2.05, 4.69) is 20.4 Å². The van der Waals surface area contributed by atoms with Crippen LogP contribution in [-0.2, 0) is 12.6 Å². The number of nitrogens with one attached hydrogen (secondary N) is 1. The van der Waals surface area contributed by atoms with E-state index >= 15 is 0 Å². The lowest BCUT2D eigenvalue weighted by Gasteiger charge is -2.13. The van der Waals surface area contributed by atoms with E-state index in [-0.39, 0.29) is 17.9 Å². The molecule has 1 heterocycles. The summed E-state index contributed by atoms with van der Waals surface area (Å²) in [6, 6.07) is 10.0. The number of alkyl halides is 5. The van der Waals surface area contributed by atoms with Crippen molar-refractivity contribution in [2.24, 2.45) is 0 Å². The Hall–Kier alpha value is -3.50. The standard InChI is InChI=1S/C19H15F5N4O2/c1-2-15-16(17(29)25-14-6-4-3-5-13(14)19(22,23)24)26-27-28(15)11-7-9-12(10-8-11)30-18(20)21/h3-10,18H,2H2,1H3,(H,25,29). The van der Waals surface area contributed by atoms with Gasteiger partial charge in [-0.1, -0.05) is 24.3 Å². The molecule has 0 unspecified atom stereocenters. The summed E-state index contributed by atoms with van der Waals surface area (Å²) < 4.78 is 69.6. The molecule has 0 fully saturated rings. The van der Waals surface area contributed by atoms with Crippen molar-refractivity contribution in [3.63, 3.8) is 0 Å². The molecule has 3 rings (SSSR count). The van der Waals surface area contributed by atoms with E-state index in [1.807, 2.05) is 0 Å². The van der Waals surface area contributed by atoms with Crippen LogP contribution >= 0.6 is 0 Å². The smallest absolute Gasteiger partial charge is 0.418 e. The highest BCUT2D eigenvalue weighted by atomic mass is 19.4. The fourth-order valence-electron chi connectivity index (χ4n) is 2.79. The molecular formula is C19H15F5N4O2.